The van der Waals surface area contributed by atoms with E-state index < -0.39 is 23.0 Å². The summed E-state index contributed by atoms with van der Waals surface area (Å²) < 4.78 is 41.1. The summed E-state index contributed by atoms with van der Waals surface area (Å²) in [6.45, 7) is 7.42. The highest BCUT2D eigenvalue weighted by atomic mass is 19.1. The third kappa shape index (κ3) is 6.78. The molecule has 2 aromatic carbocycles. The van der Waals surface area contributed by atoms with E-state index >= 15 is 4.39 Å². The molecule has 0 unspecified atom stereocenters. The highest BCUT2D eigenvalue weighted by Crippen LogP contribution is 2.32. The molecule has 43 heavy (non-hydrogen) atoms. The standard InChI is InChI=1S/C30H25F2N5O4.C2H6/c1-3-40-26(38)16-37-15-21(18-4-6-19(31)7-5-18)28(39)27-23(37)10-12-35-30(27)36-20-8-9-25(22(32)14-20)41-24-11-13-34-29(33)17(24)2;1-2/h4-15H,3,16H2,1-2H3,(H2,33,34)(H,35,36);1-2H3. The third-order valence-corrected chi connectivity index (χ3v) is 6.36. The van der Waals surface area contributed by atoms with Crippen molar-refractivity contribution in [1.29, 1.82) is 0 Å². The first kappa shape index (κ1) is 30.6. The second-order valence-electron chi connectivity index (χ2n) is 9.06. The molecule has 9 nitrogen and oxygen atoms in total. The number of esters is 1. The van der Waals surface area contributed by atoms with Crippen molar-refractivity contribution in [2.24, 2.45) is 0 Å². The van der Waals surface area contributed by atoms with E-state index in [0.717, 1.165) is 0 Å². The molecule has 0 bridgehead atoms. The Labute approximate surface area is 246 Å². The molecule has 0 saturated heterocycles. The highest BCUT2D eigenvalue weighted by Gasteiger charge is 2.18. The fourth-order valence-electron chi connectivity index (χ4n) is 4.30. The number of nitrogens with two attached hydrogens (primary N) is 1. The zero-order chi connectivity index (χ0) is 31.1. The Bertz CT molecular complexity index is 1820. The summed E-state index contributed by atoms with van der Waals surface area (Å²) >= 11 is 0. The Morgan fingerprint density at radius 1 is 1.00 bits per heavy atom. The van der Waals surface area contributed by atoms with Crippen LogP contribution >= 0.6 is 0 Å². The molecule has 0 saturated carbocycles. The van der Waals surface area contributed by atoms with Gasteiger partial charge >= 0.3 is 5.97 Å². The van der Waals surface area contributed by atoms with Crippen molar-refractivity contribution in [3.63, 3.8) is 0 Å². The Balaban J connectivity index is 0.00000207. The van der Waals surface area contributed by atoms with Gasteiger partial charge in [0.05, 0.1) is 17.5 Å². The van der Waals surface area contributed by atoms with Gasteiger partial charge in [0.15, 0.2) is 11.6 Å². The van der Waals surface area contributed by atoms with E-state index in [0.29, 0.717) is 28.1 Å². The molecule has 0 fully saturated rings. The first-order chi connectivity index (χ1) is 20.7. The number of hydrogen-bond acceptors (Lipinski definition) is 8. The predicted octanol–water partition coefficient (Wildman–Crippen LogP) is 6.75. The van der Waals surface area contributed by atoms with Gasteiger partial charge in [0.2, 0.25) is 5.43 Å². The number of pyridine rings is 3. The Morgan fingerprint density at radius 2 is 1.72 bits per heavy atom. The minimum absolute atomic E-state index is 0.0366. The zero-order valence-corrected chi connectivity index (χ0v) is 24.2. The van der Waals surface area contributed by atoms with E-state index in [-0.39, 0.29) is 41.5 Å². The molecule has 0 atom stereocenters. The van der Waals surface area contributed by atoms with Crippen LogP contribution < -0.4 is 21.2 Å². The molecule has 3 aromatic heterocycles. The van der Waals surface area contributed by atoms with Crippen LogP contribution in [-0.4, -0.2) is 27.1 Å². The van der Waals surface area contributed by atoms with Crippen LogP contribution in [0, 0.1) is 18.6 Å². The molecule has 0 aliphatic heterocycles. The van der Waals surface area contributed by atoms with E-state index in [1.54, 1.807) is 36.6 Å². The van der Waals surface area contributed by atoms with Gasteiger partial charge in [-0.05, 0) is 55.8 Å². The van der Waals surface area contributed by atoms with Gasteiger partial charge in [0.1, 0.15) is 29.7 Å². The number of carbonyl (C=O) groups excluding carboxylic acids is 1. The van der Waals surface area contributed by atoms with Crippen molar-refractivity contribution in [2.45, 2.75) is 34.2 Å². The number of ether oxygens (including phenoxy) is 2. The SMILES string of the molecule is CC.CCOC(=O)Cn1cc(-c2ccc(F)cc2)c(=O)c2c(Nc3ccc(Oc4ccnc(N)c4C)c(F)c3)nccc21. The van der Waals surface area contributed by atoms with Gasteiger partial charge in [-0.15, -0.1) is 0 Å². The topological polar surface area (TPSA) is 121 Å². The molecule has 11 heteroatoms. The summed E-state index contributed by atoms with van der Waals surface area (Å²) in [7, 11) is 0. The number of hydrogen-bond donors (Lipinski definition) is 2. The summed E-state index contributed by atoms with van der Waals surface area (Å²) in [5.41, 5.74) is 7.35. The van der Waals surface area contributed by atoms with Crippen LogP contribution in [0.15, 0.2) is 78.0 Å². The van der Waals surface area contributed by atoms with Crippen molar-refractivity contribution in [2.75, 3.05) is 17.7 Å². The lowest BCUT2D eigenvalue weighted by atomic mass is 10.0. The first-order valence-corrected chi connectivity index (χ1v) is 13.6. The first-order valence-electron chi connectivity index (χ1n) is 13.6. The van der Waals surface area contributed by atoms with E-state index in [2.05, 4.69) is 15.3 Å². The Hall–Kier alpha value is -5.32. The molecular formula is C32H31F2N5O4. The number of benzene rings is 2. The fraction of sp³-hybridized carbons (Fsp3) is 0.188. The minimum Gasteiger partial charge on any atom is -0.465 e. The summed E-state index contributed by atoms with van der Waals surface area (Å²) in [6, 6.07) is 12.8. The predicted molar refractivity (Wildman–Crippen MR) is 163 cm³/mol. The summed E-state index contributed by atoms with van der Waals surface area (Å²) in [6.07, 6.45) is 4.46. The lowest BCUT2D eigenvalue weighted by Gasteiger charge is -2.16. The van der Waals surface area contributed by atoms with Crippen molar-refractivity contribution in [1.82, 2.24) is 14.5 Å². The number of nitrogens with one attached hydrogen (secondary N) is 1. The normalized spacial score (nSPS) is 10.6. The molecule has 0 amide bonds. The quantitative estimate of drug-likeness (QED) is 0.191. The average molecular weight is 588 g/mol. The second-order valence-corrected chi connectivity index (χ2v) is 9.06. The van der Waals surface area contributed by atoms with Gasteiger partial charge < -0.3 is 25.1 Å². The van der Waals surface area contributed by atoms with Gasteiger partial charge in [0, 0.05) is 41.5 Å². The number of fused-ring (bicyclic) bond motifs is 1. The Morgan fingerprint density at radius 3 is 2.42 bits per heavy atom. The molecule has 0 aliphatic carbocycles. The molecule has 3 heterocycles. The number of halogens is 2. The van der Waals surface area contributed by atoms with Gasteiger partial charge in [-0.1, -0.05) is 26.0 Å². The molecule has 222 valence electrons. The molecule has 5 rings (SSSR count). The van der Waals surface area contributed by atoms with Crippen LogP contribution in [0.2, 0.25) is 0 Å². The second kappa shape index (κ2) is 13.6. The van der Waals surface area contributed by atoms with E-state index in [1.807, 2.05) is 13.8 Å². The third-order valence-electron chi connectivity index (χ3n) is 6.36. The number of nitrogens with zero attached hydrogens (tertiary/aromatic N) is 3. The lowest BCUT2D eigenvalue weighted by molar-refractivity contribution is -0.143. The van der Waals surface area contributed by atoms with Gasteiger partial charge in [-0.2, -0.15) is 0 Å². The molecule has 0 radical (unpaired) electrons. The van der Waals surface area contributed by atoms with Crippen LogP contribution in [0.3, 0.4) is 0 Å². The zero-order valence-electron chi connectivity index (χ0n) is 24.2. The number of anilines is 3. The average Bonchev–Trinajstić information content (AvgIpc) is 3.00. The summed E-state index contributed by atoms with van der Waals surface area (Å²) in [5.74, 6) is -0.887. The van der Waals surface area contributed by atoms with Crippen molar-refractivity contribution < 1.29 is 23.0 Å². The van der Waals surface area contributed by atoms with Gasteiger partial charge in [-0.25, -0.2) is 18.7 Å². The largest absolute Gasteiger partial charge is 0.465 e. The van der Waals surface area contributed by atoms with Crippen LogP contribution in [0.25, 0.3) is 22.0 Å². The number of rotatable bonds is 8. The van der Waals surface area contributed by atoms with E-state index in [9.17, 15) is 14.0 Å². The molecule has 5 aromatic rings. The fourth-order valence-corrected chi connectivity index (χ4v) is 4.30. The number of aromatic nitrogens is 3. The van der Waals surface area contributed by atoms with Crippen LogP contribution in [0.5, 0.6) is 11.5 Å². The monoisotopic (exact) mass is 587 g/mol. The molecular weight excluding hydrogens is 556 g/mol. The molecule has 0 spiro atoms. The summed E-state index contributed by atoms with van der Waals surface area (Å²) in [4.78, 5) is 34.5. The Kier molecular flexibility index (Phi) is 9.66. The van der Waals surface area contributed by atoms with Crippen LogP contribution in [0.4, 0.5) is 26.1 Å². The minimum atomic E-state index is -0.670. The van der Waals surface area contributed by atoms with E-state index in [4.69, 9.17) is 15.2 Å². The highest BCUT2D eigenvalue weighted by molar-refractivity contribution is 5.94. The van der Waals surface area contributed by atoms with Crippen molar-refractivity contribution in [3.8, 4) is 22.6 Å². The smallest absolute Gasteiger partial charge is 0.325 e. The van der Waals surface area contributed by atoms with Crippen molar-refractivity contribution in [3.05, 3.63) is 101 Å². The molecule has 3 N–H and O–H groups in total. The maximum atomic E-state index is 15.1. The maximum Gasteiger partial charge on any atom is 0.325 e. The molecule has 0 aliphatic rings. The lowest BCUT2D eigenvalue weighted by Crippen LogP contribution is -2.19. The van der Waals surface area contributed by atoms with Crippen LogP contribution in [0.1, 0.15) is 26.3 Å². The maximum absolute atomic E-state index is 15.1. The van der Waals surface area contributed by atoms with E-state index in [1.165, 1.54) is 55.0 Å². The van der Waals surface area contributed by atoms with Crippen molar-refractivity contribution >= 4 is 34.2 Å². The van der Waals surface area contributed by atoms with Gasteiger partial charge in [-0.3, -0.25) is 9.59 Å². The number of nitrogen functional groups attached to an aromatic ring is 1. The summed E-state index contributed by atoms with van der Waals surface area (Å²) in [5, 5.41) is 3.16. The van der Waals surface area contributed by atoms with Gasteiger partial charge in [0.25, 0.3) is 0 Å². The van der Waals surface area contributed by atoms with Crippen LogP contribution in [-0.2, 0) is 16.1 Å². The number of carbonyl (C=O) groups is 1.